The predicted octanol–water partition coefficient (Wildman–Crippen LogP) is 2.92. The third kappa shape index (κ3) is 5.17. The summed E-state index contributed by atoms with van der Waals surface area (Å²) in [6.45, 7) is -0.397. The molecule has 0 aliphatic heterocycles. The Morgan fingerprint density at radius 1 is 1.30 bits per heavy atom. The van der Waals surface area contributed by atoms with Crippen molar-refractivity contribution in [3.8, 4) is 0 Å². The van der Waals surface area contributed by atoms with E-state index < -0.39 is 36.5 Å². The summed E-state index contributed by atoms with van der Waals surface area (Å²) in [6, 6.07) is 4.23. The Hall–Kier alpha value is -2.25. The Kier molecular flexibility index (Phi) is 5.36. The van der Waals surface area contributed by atoms with E-state index in [2.05, 4.69) is 15.0 Å². The smallest absolute Gasteiger partial charge is 0.416 e. The molecule has 20 heavy (non-hydrogen) atoms. The first-order valence-corrected chi connectivity index (χ1v) is 5.46. The molecule has 0 saturated heterocycles. The van der Waals surface area contributed by atoms with Crippen molar-refractivity contribution in [2.24, 2.45) is 10.2 Å². The molecule has 5 nitrogen and oxygen atoms in total. The number of hydrogen-bond acceptors (Lipinski definition) is 5. The molecule has 1 aromatic rings. The zero-order valence-corrected chi connectivity index (χ0v) is 10.5. The van der Waals surface area contributed by atoms with E-state index in [4.69, 9.17) is 0 Å². The molecule has 1 rings (SSSR count). The van der Waals surface area contributed by atoms with Crippen molar-refractivity contribution in [1.82, 2.24) is 0 Å². The number of esters is 1. The average Bonchev–Trinajstić information content (AvgIpc) is 2.38. The fraction of sp³-hybridized carbons (Fsp3) is 0.333. The van der Waals surface area contributed by atoms with Crippen molar-refractivity contribution in [1.29, 1.82) is 0 Å². The molecule has 0 atom stereocenters. The number of ketones is 1. The number of azo groups is 1. The monoisotopic (exact) mass is 288 g/mol. The van der Waals surface area contributed by atoms with E-state index in [0.717, 1.165) is 19.2 Å². The molecule has 0 aliphatic rings. The van der Waals surface area contributed by atoms with Crippen LogP contribution in [0.15, 0.2) is 34.5 Å². The minimum atomic E-state index is -4.47. The second-order valence-corrected chi connectivity index (χ2v) is 3.74. The maximum absolute atomic E-state index is 12.4. The van der Waals surface area contributed by atoms with Crippen LogP contribution in [0.3, 0.4) is 0 Å². The molecular formula is C12H11F3N2O3. The molecule has 0 unspecified atom stereocenters. The topological polar surface area (TPSA) is 68.1 Å². The molecule has 0 saturated carbocycles. The average molecular weight is 288 g/mol. The zero-order valence-electron chi connectivity index (χ0n) is 10.5. The van der Waals surface area contributed by atoms with Gasteiger partial charge in [-0.15, -0.1) is 0 Å². The molecule has 0 radical (unpaired) electrons. The number of methoxy groups -OCH3 is 1. The Bertz CT molecular complexity index is 527. The van der Waals surface area contributed by atoms with Crippen molar-refractivity contribution in [2.45, 2.75) is 12.6 Å². The first kappa shape index (κ1) is 15.8. The SMILES string of the molecule is COC(=O)CC(=O)CN=Nc1cccc(C(F)(F)F)c1. The van der Waals surface area contributed by atoms with Crippen molar-refractivity contribution in [2.75, 3.05) is 13.7 Å². The second-order valence-electron chi connectivity index (χ2n) is 3.74. The largest absolute Gasteiger partial charge is 0.469 e. The van der Waals surface area contributed by atoms with Crippen LogP contribution in [0.1, 0.15) is 12.0 Å². The highest BCUT2D eigenvalue weighted by Crippen LogP contribution is 2.31. The van der Waals surface area contributed by atoms with E-state index in [1.54, 1.807) is 0 Å². The van der Waals surface area contributed by atoms with Crippen molar-refractivity contribution in [3.05, 3.63) is 29.8 Å². The van der Waals surface area contributed by atoms with Gasteiger partial charge in [-0.05, 0) is 18.2 Å². The zero-order chi connectivity index (χ0) is 15.2. The van der Waals surface area contributed by atoms with Gasteiger partial charge in [-0.2, -0.15) is 23.4 Å². The van der Waals surface area contributed by atoms with Crippen molar-refractivity contribution < 1.29 is 27.5 Å². The third-order valence-corrected chi connectivity index (χ3v) is 2.18. The summed E-state index contributed by atoms with van der Waals surface area (Å²) in [7, 11) is 1.14. The lowest BCUT2D eigenvalue weighted by Gasteiger charge is -2.05. The summed E-state index contributed by atoms with van der Waals surface area (Å²) < 4.78 is 41.6. The molecule has 0 fully saturated rings. The van der Waals surface area contributed by atoms with Gasteiger partial charge in [0.2, 0.25) is 0 Å². The summed E-state index contributed by atoms with van der Waals surface area (Å²) in [6.07, 6.45) is -4.91. The van der Waals surface area contributed by atoms with E-state index in [1.165, 1.54) is 12.1 Å². The van der Waals surface area contributed by atoms with Crippen LogP contribution in [0.4, 0.5) is 18.9 Å². The minimum absolute atomic E-state index is 0.0225. The van der Waals surface area contributed by atoms with Crippen LogP contribution in [0.5, 0.6) is 0 Å². The first-order chi connectivity index (χ1) is 9.32. The summed E-state index contributed by atoms with van der Waals surface area (Å²) in [5, 5.41) is 6.96. The lowest BCUT2D eigenvalue weighted by Crippen LogP contribution is -2.11. The number of ether oxygens (including phenoxy) is 1. The van der Waals surface area contributed by atoms with Crippen LogP contribution in [-0.4, -0.2) is 25.4 Å². The van der Waals surface area contributed by atoms with Crippen LogP contribution >= 0.6 is 0 Å². The number of benzene rings is 1. The van der Waals surface area contributed by atoms with Gasteiger partial charge in [-0.25, -0.2) is 0 Å². The molecule has 8 heteroatoms. The molecule has 0 N–H and O–H groups in total. The fourth-order valence-corrected chi connectivity index (χ4v) is 1.23. The highest BCUT2D eigenvalue weighted by molar-refractivity contribution is 5.96. The Labute approximate surface area is 112 Å². The minimum Gasteiger partial charge on any atom is -0.469 e. The molecule has 0 heterocycles. The predicted molar refractivity (Wildman–Crippen MR) is 62.5 cm³/mol. The van der Waals surface area contributed by atoms with Gasteiger partial charge < -0.3 is 4.74 Å². The fourth-order valence-electron chi connectivity index (χ4n) is 1.23. The van der Waals surface area contributed by atoms with E-state index >= 15 is 0 Å². The maximum atomic E-state index is 12.4. The number of carbonyl (C=O) groups is 2. The van der Waals surface area contributed by atoms with E-state index in [1.807, 2.05) is 0 Å². The Morgan fingerprint density at radius 2 is 2.00 bits per heavy atom. The molecule has 0 aliphatic carbocycles. The van der Waals surface area contributed by atoms with Crippen LogP contribution < -0.4 is 0 Å². The number of alkyl halides is 3. The highest BCUT2D eigenvalue weighted by Gasteiger charge is 2.30. The van der Waals surface area contributed by atoms with Gasteiger partial charge in [0, 0.05) is 0 Å². The number of rotatable bonds is 5. The summed E-state index contributed by atoms with van der Waals surface area (Å²) >= 11 is 0. The number of hydrogen-bond donors (Lipinski definition) is 0. The summed E-state index contributed by atoms with van der Waals surface area (Å²) in [4.78, 5) is 22.0. The van der Waals surface area contributed by atoms with Gasteiger partial charge in [0.25, 0.3) is 0 Å². The Morgan fingerprint density at radius 3 is 2.60 bits per heavy atom. The van der Waals surface area contributed by atoms with E-state index in [9.17, 15) is 22.8 Å². The first-order valence-electron chi connectivity index (χ1n) is 5.46. The van der Waals surface area contributed by atoms with Gasteiger partial charge in [-0.1, -0.05) is 6.07 Å². The number of Topliss-reactive ketones (excluding diaryl/α,β-unsaturated/α-hetero) is 1. The summed E-state index contributed by atoms with van der Waals surface area (Å²) in [5.74, 6) is -1.24. The van der Waals surface area contributed by atoms with Crippen molar-refractivity contribution >= 4 is 17.4 Å². The quantitative estimate of drug-likeness (QED) is 0.475. The van der Waals surface area contributed by atoms with Gasteiger partial charge in [0.05, 0.1) is 18.4 Å². The molecule has 0 aromatic heterocycles. The van der Waals surface area contributed by atoms with Gasteiger partial charge in [-0.3, -0.25) is 9.59 Å². The van der Waals surface area contributed by atoms with Crippen LogP contribution in [-0.2, 0) is 20.5 Å². The normalized spacial score (nSPS) is 11.6. The van der Waals surface area contributed by atoms with E-state index in [-0.39, 0.29) is 5.69 Å². The maximum Gasteiger partial charge on any atom is 0.416 e. The third-order valence-electron chi connectivity index (χ3n) is 2.18. The van der Waals surface area contributed by atoms with Gasteiger partial charge in [0.15, 0.2) is 5.78 Å². The summed E-state index contributed by atoms with van der Waals surface area (Å²) in [5.41, 5.74) is -0.875. The number of nitrogens with zero attached hydrogens (tertiary/aromatic N) is 2. The van der Waals surface area contributed by atoms with Crippen LogP contribution in [0.25, 0.3) is 0 Å². The van der Waals surface area contributed by atoms with E-state index in [0.29, 0.717) is 0 Å². The lowest BCUT2D eigenvalue weighted by atomic mass is 10.2. The molecular weight excluding hydrogens is 277 g/mol. The lowest BCUT2D eigenvalue weighted by molar-refractivity contribution is -0.143. The van der Waals surface area contributed by atoms with Crippen molar-refractivity contribution in [3.63, 3.8) is 0 Å². The number of carbonyl (C=O) groups excluding carboxylic acids is 2. The second kappa shape index (κ2) is 6.78. The van der Waals surface area contributed by atoms with Crippen LogP contribution in [0, 0.1) is 0 Å². The number of halogens is 3. The van der Waals surface area contributed by atoms with Gasteiger partial charge >= 0.3 is 12.1 Å². The Balaban J connectivity index is 2.63. The molecule has 0 bridgehead atoms. The van der Waals surface area contributed by atoms with Crippen LogP contribution in [0.2, 0.25) is 0 Å². The standard InChI is InChI=1S/C12H11F3N2O3/c1-20-11(19)6-10(18)7-16-17-9-4-2-3-8(5-9)12(13,14)15/h2-5H,6-7H2,1H3. The van der Waals surface area contributed by atoms with Gasteiger partial charge in [0.1, 0.15) is 13.0 Å². The molecule has 0 spiro atoms. The molecule has 0 amide bonds. The molecule has 1 aromatic carbocycles. The highest BCUT2D eigenvalue weighted by atomic mass is 19.4. The molecule has 108 valence electrons.